The molecular formula is C13H20BrN3. The molecule has 17 heavy (non-hydrogen) atoms. The van der Waals surface area contributed by atoms with Crippen molar-refractivity contribution in [3.8, 4) is 0 Å². The molecule has 0 saturated carbocycles. The summed E-state index contributed by atoms with van der Waals surface area (Å²) < 4.78 is 1.10. The third-order valence-electron chi connectivity index (χ3n) is 3.46. The van der Waals surface area contributed by atoms with Gasteiger partial charge in [0.25, 0.3) is 0 Å². The maximum atomic E-state index is 4.40. The highest BCUT2D eigenvalue weighted by molar-refractivity contribution is 9.10. The lowest BCUT2D eigenvalue weighted by molar-refractivity contribution is 0.229. The molecule has 4 heteroatoms. The molecule has 1 aromatic heterocycles. The summed E-state index contributed by atoms with van der Waals surface area (Å²) in [5.41, 5.74) is 1.23. The van der Waals surface area contributed by atoms with Crippen molar-refractivity contribution in [1.29, 1.82) is 0 Å². The molecule has 1 aliphatic heterocycles. The van der Waals surface area contributed by atoms with Gasteiger partial charge in [0, 0.05) is 25.3 Å². The molecule has 0 aromatic carbocycles. The molecule has 0 amide bonds. The predicted molar refractivity (Wildman–Crippen MR) is 75.4 cm³/mol. The molecule has 1 N–H and O–H groups in total. The normalized spacial score (nSPS) is 18.3. The van der Waals surface area contributed by atoms with Crippen molar-refractivity contribution >= 4 is 21.7 Å². The van der Waals surface area contributed by atoms with Crippen LogP contribution in [0.4, 0.5) is 5.82 Å². The standard InChI is InChI=1S/C13H20BrN3/c1-3-17-8-5-11(6-9-17)16-13-12(14)10(2)4-7-15-13/h4,7,11H,3,5-6,8-9H2,1-2H3,(H,15,16). The number of hydrogen-bond donors (Lipinski definition) is 1. The van der Waals surface area contributed by atoms with E-state index in [0.29, 0.717) is 6.04 Å². The van der Waals surface area contributed by atoms with E-state index in [4.69, 9.17) is 0 Å². The number of likely N-dealkylation sites (tertiary alicyclic amines) is 1. The number of piperidine rings is 1. The molecule has 2 rings (SSSR count). The van der Waals surface area contributed by atoms with Crippen LogP contribution in [0, 0.1) is 6.92 Å². The predicted octanol–water partition coefficient (Wildman–Crippen LogP) is 3.05. The third kappa shape index (κ3) is 3.19. The van der Waals surface area contributed by atoms with E-state index in [1.807, 2.05) is 12.3 Å². The first-order valence-corrected chi connectivity index (χ1v) is 7.10. The lowest BCUT2D eigenvalue weighted by Crippen LogP contribution is -2.39. The average molecular weight is 298 g/mol. The highest BCUT2D eigenvalue weighted by Crippen LogP contribution is 2.25. The summed E-state index contributed by atoms with van der Waals surface area (Å²) in [5.74, 6) is 0.986. The number of nitrogens with zero attached hydrogens (tertiary/aromatic N) is 2. The van der Waals surface area contributed by atoms with Gasteiger partial charge in [-0.25, -0.2) is 4.98 Å². The average Bonchev–Trinajstić information content (AvgIpc) is 2.36. The molecule has 0 spiro atoms. The number of pyridine rings is 1. The number of aromatic nitrogens is 1. The van der Waals surface area contributed by atoms with E-state index >= 15 is 0 Å². The molecule has 0 radical (unpaired) electrons. The van der Waals surface area contributed by atoms with Crippen LogP contribution in [0.3, 0.4) is 0 Å². The van der Waals surface area contributed by atoms with Crippen LogP contribution in [0.25, 0.3) is 0 Å². The van der Waals surface area contributed by atoms with E-state index < -0.39 is 0 Å². The summed E-state index contributed by atoms with van der Waals surface area (Å²) in [6.07, 6.45) is 4.27. The van der Waals surface area contributed by atoms with Gasteiger partial charge in [0.05, 0.1) is 4.47 Å². The Morgan fingerprint density at radius 1 is 1.47 bits per heavy atom. The summed E-state index contributed by atoms with van der Waals surface area (Å²) in [6.45, 7) is 7.87. The zero-order valence-corrected chi connectivity index (χ0v) is 12.1. The van der Waals surface area contributed by atoms with Gasteiger partial charge in [-0.1, -0.05) is 6.92 Å². The number of rotatable bonds is 3. The molecule has 0 bridgehead atoms. The van der Waals surface area contributed by atoms with Crippen molar-refractivity contribution in [3.05, 3.63) is 22.3 Å². The van der Waals surface area contributed by atoms with E-state index in [9.17, 15) is 0 Å². The highest BCUT2D eigenvalue weighted by atomic mass is 79.9. The molecule has 0 atom stereocenters. The van der Waals surface area contributed by atoms with Crippen molar-refractivity contribution in [3.63, 3.8) is 0 Å². The first-order valence-electron chi connectivity index (χ1n) is 6.30. The lowest BCUT2D eigenvalue weighted by atomic mass is 10.1. The maximum absolute atomic E-state index is 4.40. The van der Waals surface area contributed by atoms with Crippen LogP contribution in [0.1, 0.15) is 25.3 Å². The first kappa shape index (κ1) is 12.8. The van der Waals surface area contributed by atoms with Crippen molar-refractivity contribution < 1.29 is 0 Å². The Morgan fingerprint density at radius 3 is 2.82 bits per heavy atom. The minimum Gasteiger partial charge on any atom is -0.366 e. The van der Waals surface area contributed by atoms with Crippen LogP contribution in [0.15, 0.2) is 16.7 Å². The van der Waals surface area contributed by atoms with Crippen LogP contribution in [0.2, 0.25) is 0 Å². The zero-order chi connectivity index (χ0) is 12.3. The van der Waals surface area contributed by atoms with Gasteiger partial charge < -0.3 is 10.2 Å². The Bertz CT molecular complexity index is 373. The van der Waals surface area contributed by atoms with Gasteiger partial charge in [0.15, 0.2) is 0 Å². The van der Waals surface area contributed by atoms with Crippen molar-refractivity contribution in [2.75, 3.05) is 25.0 Å². The number of nitrogens with one attached hydrogen (secondary N) is 1. The smallest absolute Gasteiger partial charge is 0.140 e. The Hall–Kier alpha value is -0.610. The van der Waals surface area contributed by atoms with E-state index in [0.717, 1.165) is 10.3 Å². The molecule has 94 valence electrons. The summed E-state index contributed by atoms with van der Waals surface area (Å²) >= 11 is 3.60. The van der Waals surface area contributed by atoms with E-state index in [2.05, 4.69) is 45.0 Å². The van der Waals surface area contributed by atoms with Crippen LogP contribution in [0.5, 0.6) is 0 Å². The number of aryl methyl sites for hydroxylation is 1. The molecule has 1 aromatic rings. The summed E-state index contributed by atoms with van der Waals surface area (Å²) in [5, 5.41) is 3.55. The second-order valence-corrected chi connectivity index (χ2v) is 5.44. The van der Waals surface area contributed by atoms with Crippen LogP contribution in [-0.2, 0) is 0 Å². The second-order valence-electron chi connectivity index (χ2n) is 4.64. The maximum Gasteiger partial charge on any atom is 0.140 e. The Morgan fingerprint density at radius 2 is 2.18 bits per heavy atom. The molecule has 1 fully saturated rings. The first-order chi connectivity index (χ1) is 8.20. The number of anilines is 1. The summed E-state index contributed by atoms with van der Waals surface area (Å²) in [4.78, 5) is 6.90. The van der Waals surface area contributed by atoms with Gasteiger partial charge in [-0.3, -0.25) is 0 Å². The van der Waals surface area contributed by atoms with Crippen molar-refractivity contribution in [2.45, 2.75) is 32.7 Å². The largest absolute Gasteiger partial charge is 0.366 e. The highest BCUT2D eigenvalue weighted by Gasteiger charge is 2.18. The number of hydrogen-bond acceptors (Lipinski definition) is 3. The lowest BCUT2D eigenvalue weighted by Gasteiger charge is -2.31. The second kappa shape index (κ2) is 5.83. The summed E-state index contributed by atoms with van der Waals surface area (Å²) in [7, 11) is 0. The molecular weight excluding hydrogens is 278 g/mol. The van der Waals surface area contributed by atoms with Crippen molar-refractivity contribution in [2.24, 2.45) is 0 Å². The van der Waals surface area contributed by atoms with E-state index in [1.54, 1.807) is 0 Å². The van der Waals surface area contributed by atoms with E-state index in [-0.39, 0.29) is 0 Å². The molecule has 3 nitrogen and oxygen atoms in total. The molecule has 1 saturated heterocycles. The molecule has 1 aliphatic rings. The molecule has 2 heterocycles. The Balaban J connectivity index is 1.95. The quantitative estimate of drug-likeness (QED) is 0.929. The minimum atomic E-state index is 0.559. The van der Waals surface area contributed by atoms with Crippen LogP contribution >= 0.6 is 15.9 Å². The van der Waals surface area contributed by atoms with E-state index in [1.165, 1.54) is 38.0 Å². The van der Waals surface area contributed by atoms with Gasteiger partial charge in [-0.15, -0.1) is 0 Å². The fourth-order valence-corrected chi connectivity index (χ4v) is 2.58. The number of halogens is 1. The van der Waals surface area contributed by atoms with Gasteiger partial charge in [0.1, 0.15) is 5.82 Å². The van der Waals surface area contributed by atoms with Crippen molar-refractivity contribution in [1.82, 2.24) is 9.88 Å². The molecule has 0 aliphatic carbocycles. The Labute approximate surface area is 112 Å². The minimum absolute atomic E-state index is 0.559. The van der Waals surface area contributed by atoms with Crippen LogP contribution in [-0.4, -0.2) is 35.6 Å². The summed E-state index contributed by atoms with van der Waals surface area (Å²) in [6, 6.07) is 2.58. The zero-order valence-electron chi connectivity index (χ0n) is 10.5. The fraction of sp³-hybridized carbons (Fsp3) is 0.615. The van der Waals surface area contributed by atoms with Gasteiger partial charge in [0.2, 0.25) is 0 Å². The van der Waals surface area contributed by atoms with Gasteiger partial charge >= 0.3 is 0 Å². The van der Waals surface area contributed by atoms with Gasteiger partial charge in [-0.05, 0) is 53.9 Å². The SMILES string of the molecule is CCN1CCC(Nc2nccc(C)c2Br)CC1. The molecule has 0 unspecified atom stereocenters. The van der Waals surface area contributed by atoms with Crippen LogP contribution < -0.4 is 5.32 Å². The monoisotopic (exact) mass is 297 g/mol. The van der Waals surface area contributed by atoms with Gasteiger partial charge in [-0.2, -0.15) is 0 Å². The third-order valence-corrected chi connectivity index (χ3v) is 4.46. The topological polar surface area (TPSA) is 28.2 Å². The Kier molecular flexibility index (Phi) is 4.40. The fourth-order valence-electron chi connectivity index (χ4n) is 2.23.